The molecule has 1 aromatic heterocycles. The average molecular weight is 221 g/mol. The van der Waals surface area contributed by atoms with Crippen LogP contribution in [0.15, 0.2) is 18.6 Å². The summed E-state index contributed by atoms with van der Waals surface area (Å²) in [6, 6.07) is 0. The number of hydrogen-bond acceptors (Lipinski definition) is 4. The van der Waals surface area contributed by atoms with Crippen LogP contribution in [0.3, 0.4) is 0 Å². The first-order valence-electron chi connectivity index (χ1n) is 5.40. The number of hydrogen-bond donors (Lipinski definition) is 0. The molecule has 1 fully saturated rings. The zero-order valence-corrected chi connectivity index (χ0v) is 9.30. The summed E-state index contributed by atoms with van der Waals surface area (Å²) in [7, 11) is 1.76. The number of amides is 1. The van der Waals surface area contributed by atoms with E-state index in [2.05, 4.69) is 9.97 Å². The van der Waals surface area contributed by atoms with E-state index in [0.29, 0.717) is 12.2 Å². The SMILES string of the molecule is CN(C[C@@H]1CCCO1)C(=O)c1cnccn1. The molecule has 0 aromatic carbocycles. The normalized spacial score (nSPS) is 19.7. The molecule has 2 rings (SSSR count). The molecular weight excluding hydrogens is 206 g/mol. The van der Waals surface area contributed by atoms with Gasteiger partial charge in [-0.3, -0.25) is 9.78 Å². The summed E-state index contributed by atoms with van der Waals surface area (Å²) in [5.41, 5.74) is 0.378. The van der Waals surface area contributed by atoms with E-state index >= 15 is 0 Å². The van der Waals surface area contributed by atoms with Crippen LogP contribution in [-0.4, -0.2) is 47.1 Å². The van der Waals surface area contributed by atoms with Gasteiger partial charge in [0.25, 0.3) is 5.91 Å². The fourth-order valence-corrected chi connectivity index (χ4v) is 1.78. The number of ether oxygens (including phenoxy) is 1. The molecule has 1 saturated heterocycles. The third kappa shape index (κ3) is 2.55. The van der Waals surface area contributed by atoms with Gasteiger partial charge in [0.15, 0.2) is 0 Å². The molecule has 86 valence electrons. The lowest BCUT2D eigenvalue weighted by Gasteiger charge is -2.20. The van der Waals surface area contributed by atoms with Crippen LogP contribution >= 0.6 is 0 Å². The summed E-state index contributed by atoms with van der Waals surface area (Å²) in [5, 5.41) is 0. The van der Waals surface area contributed by atoms with Crippen molar-refractivity contribution in [2.75, 3.05) is 20.2 Å². The van der Waals surface area contributed by atoms with Crippen molar-refractivity contribution < 1.29 is 9.53 Å². The zero-order chi connectivity index (χ0) is 11.4. The summed E-state index contributed by atoms with van der Waals surface area (Å²) >= 11 is 0. The molecule has 1 aromatic rings. The first-order valence-corrected chi connectivity index (χ1v) is 5.40. The predicted octanol–water partition coefficient (Wildman–Crippen LogP) is 0.728. The van der Waals surface area contributed by atoms with E-state index in [1.807, 2.05) is 0 Å². The molecule has 0 unspecified atom stereocenters. The molecule has 1 amide bonds. The first kappa shape index (κ1) is 11.0. The molecule has 0 aliphatic carbocycles. The molecule has 2 heterocycles. The minimum atomic E-state index is -0.108. The standard InChI is InChI=1S/C11H15N3O2/c1-14(8-9-3-2-6-16-9)11(15)10-7-12-4-5-13-10/h4-5,7,9H,2-3,6,8H2,1H3/t9-/m0/s1. The molecule has 0 spiro atoms. The lowest BCUT2D eigenvalue weighted by atomic mass is 10.2. The summed E-state index contributed by atoms with van der Waals surface area (Å²) in [6.07, 6.45) is 6.83. The van der Waals surface area contributed by atoms with Crippen LogP contribution in [0.5, 0.6) is 0 Å². The van der Waals surface area contributed by atoms with E-state index in [0.717, 1.165) is 19.4 Å². The predicted molar refractivity (Wildman–Crippen MR) is 58.0 cm³/mol. The molecular formula is C11H15N3O2. The smallest absolute Gasteiger partial charge is 0.273 e. The highest BCUT2D eigenvalue weighted by atomic mass is 16.5. The highest BCUT2D eigenvalue weighted by molar-refractivity contribution is 5.91. The number of likely N-dealkylation sites (N-methyl/N-ethyl adjacent to an activating group) is 1. The van der Waals surface area contributed by atoms with Crippen molar-refractivity contribution in [1.29, 1.82) is 0 Å². The van der Waals surface area contributed by atoms with Crippen molar-refractivity contribution in [1.82, 2.24) is 14.9 Å². The van der Waals surface area contributed by atoms with Crippen molar-refractivity contribution in [2.45, 2.75) is 18.9 Å². The average Bonchev–Trinajstić information content (AvgIpc) is 2.82. The third-order valence-corrected chi connectivity index (χ3v) is 2.63. The van der Waals surface area contributed by atoms with E-state index < -0.39 is 0 Å². The third-order valence-electron chi connectivity index (χ3n) is 2.63. The topological polar surface area (TPSA) is 55.3 Å². The largest absolute Gasteiger partial charge is 0.376 e. The Kier molecular flexibility index (Phi) is 3.46. The Morgan fingerprint density at radius 2 is 2.50 bits per heavy atom. The highest BCUT2D eigenvalue weighted by Crippen LogP contribution is 2.13. The van der Waals surface area contributed by atoms with Crippen molar-refractivity contribution in [2.24, 2.45) is 0 Å². The fraction of sp³-hybridized carbons (Fsp3) is 0.545. The molecule has 0 saturated carbocycles. The Bertz CT molecular complexity index is 350. The van der Waals surface area contributed by atoms with Crippen LogP contribution in [0, 0.1) is 0 Å². The van der Waals surface area contributed by atoms with Gasteiger partial charge < -0.3 is 9.64 Å². The summed E-state index contributed by atoms with van der Waals surface area (Å²) < 4.78 is 5.48. The Morgan fingerprint density at radius 1 is 1.62 bits per heavy atom. The van der Waals surface area contributed by atoms with Gasteiger partial charge in [0.05, 0.1) is 12.3 Å². The molecule has 1 aliphatic rings. The minimum Gasteiger partial charge on any atom is -0.376 e. The summed E-state index contributed by atoms with van der Waals surface area (Å²) in [4.78, 5) is 21.4. The van der Waals surface area contributed by atoms with Crippen LogP contribution in [0.2, 0.25) is 0 Å². The second kappa shape index (κ2) is 5.03. The zero-order valence-electron chi connectivity index (χ0n) is 9.30. The van der Waals surface area contributed by atoms with Gasteiger partial charge in [0, 0.05) is 32.6 Å². The molecule has 1 aliphatic heterocycles. The van der Waals surface area contributed by atoms with Crippen LogP contribution in [0.25, 0.3) is 0 Å². The van der Waals surface area contributed by atoms with Gasteiger partial charge in [0.2, 0.25) is 0 Å². The monoisotopic (exact) mass is 221 g/mol. The van der Waals surface area contributed by atoms with E-state index in [4.69, 9.17) is 4.74 Å². The number of rotatable bonds is 3. The molecule has 5 nitrogen and oxygen atoms in total. The lowest BCUT2D eigenvalue weighted by molar-refractivity contribution is 0.0582. The van der Waals surface area contributed by atoms with Crippen molar-refractivity contribution in [3.8, 4) is 0 Å². The molecule has 1 atom stereocenters. The van der Waals surface area contributed by atoms with E-state index in [9.17, 15) is 4.79 Å². The highest BCUT2D eigenvalue weighted by Gasteiger charge is 2.21. The van der Waals surface area contributed by atoms with E-state index in [1.165, 1.54) is 12.4 Å². The number of nitrogens with zero attached hydrogens (tertiary/aromatic N) is 3. The van der Waals surface area contributed by atoms with Gasteiger partial charge in [-0.2, -0.15) is 0 Å². The van der Waals surface area contributed by atoms with Crippen LogP contribution in [0.1, 0.15) is 23.3 Å². The number of carbonyl (C=O) groups excluding carboxylic acids is 1. The fourth-order valence-electron chi connectivity index (χ4n) is 1.78. The Hall–Kier alpha value is -1.49. The maximum absolute atomic E-state index is 11.9. The van der Waals surface area contributed by atoms with Crippen molar-refractivity contribution >= 4 is 5.91 Å². The molecule has 5 heteroatoms. The summed E-state index contributed by atoms with van der Waals surface area (Å²) in [6.45, 7) is 1.42. The van der Waals surface area contributed by atoms with E-state index in [-0.39, 0.29) is 12.0 Å². The van der Waals surface area contributed by atoms with Gasteiger partial charge in [-0.1, -0.05) is 0 Å². The van der Waals surface area contributed by atoms with Crippen LogP contribution < -0.4 is 0 Å². The van der Waals surface area contributed by atoms with Gasteiger partial charge in [-0.05, 0) is 12.8 Å². The Labute approximate surface area is 94.5 Å². The molecule has 0 radical (unpaired) electrons. The van der Waals surface area contributed by atoms with Gasteiger partial charge >= 0.3 is 0 Å². The minimum absolute atomic E-state index is 0.108. The van der Waals surface area contributed by atoms with Crippen molar-refractivity contribution in [3.05, 3.63) is 24.3 Å². The number of carbonyl (C=O) groups is 1. The van der Waals surface area contributed by atoms with E-state index in [1.54, 1.807) is 18.1 Å². The molecule has 0 N–H and O–H groups in total. The molecule has 0 bridgehead atoms. The first-order chi connectivity index (χ1) is 7.77. The second-order valence-corrected chi connectivity index (χ2v) is 3.91. The van der Waals surface area contributed by atoms with Crippen LogP contribution in [0.4, 0.5) is 0 Å². The second-order valence-electron chi connectivity index (χ2n) is 3.91. The Balaban J connectivity index is 1.94. The van der Waals surface area contributed by atoms with Gasteiger partial charge in [0.1, 0.15) is 5.69 Å². The Morgan fingerprint density at radius 3 is 3.12 bits per heavy atom. The quantitative estimate of drug-likeness (QED) is 0.755. The maximum atomic E-state index is 11.9. The van der Waals surface area contributed by atoms with Gasteiger partial charge in [-0.15, -0.1) is 0 Å². The van der Waals surface area contributed by atoms with Gasteiger partial charge in [-0.25, -0.2) is 4.98 Å². The van der Waals surface area contributed by atoms with Crippen molar-refractivity contribution in [3.63, 3.8) is 0 Å². The molecule has 16 heavy (non-hydrogen) atoms. The number of aromatic nitrogens is 2. The van der Waals surface area contributed by atoms with Crippen LogP contribution in [-0.2, 0) is 4.74 Å². The maximum Gasteiger partial charge on any atom is 0.273 e. The lowest BCUT2D eigenvalue weighted by Crippen LogP contribution is -2.34. The summed E-state index contributed by atoms with van der Waals surface area (Å²) in [5.74, 6) is -0.108.